The number of nitrogens with one attached hydrogen (secondary N) is 2. The summed E-state index contributed by atoms with van der Waals surface area (Å²) in [5, 5.41) is 6.22. The Morgan fingerprint density at radius 2 is 1.81 bits per heavy atom. The quantitative estimate of drug-likeness (QED) is 0.298. The van der Waals surface area contributed by atoms with Crippen LogP contribution in [0.15, 0.2) is 54.9 Å². The molecule has 3 aromatic rings. The molecule has 2 fully saturated rings. The average molecular weight is 490 g/mol. The van der Waals surface area contributed by atoms with Crippen molar-refractivity contribution in [1.82, 2.24) is 20.8 Å². The van der Waals surface area contributed by atoms with Crippen LogP contribution in [0.3, 0.4) is 0 Å². The Labute approximate surface area is 212 Å². The normalized spacial score (nSPS) is 20.6. The smallest absolute Gasteiger partial charge is 0.277 e. The molecule has 1 saturated heterocycles. The van der Waals surface area contributed by atoms with E-state index in [4.69, 9.17) is 9.57 Å². The number of rotatable bonds is 12. The van der Waals surface area contributed by atoms with E-state index in [2.05, 4.69) is 82.0 Å². The fourth-order valence-electron chi connectivity index (χ4n) is 5.04. The number of ether oxygens (including phenoxy) is 1. The fourth-order valence-corrected chi connectivity index (χ4v) is 5.04. The minimum Gasteiger partial charge on any atom is -0.379 e. The standard InChI is InChI=1S/C28H35N5O3/c1-19(2)18-35-9-10-36-32-27(34)23-13-30-28(31-14-23)33-16-25-24(26(25)17-33)15-29-12-20-7-8-21-5-3-4-6-22(21)11-20/h3-8,11,13-14,19,24-26,29H,9-10,12,15-18H2,1-2H3,(H,32,34). The number of benzene rings is 2. The van der Waals surface area contributed by atoms with Gasteiger partial charge in [0.15, 0.2) is 0 Å². The van der Waals surface area contributed by atoms with Crippen molar-refractivity contribution in [1.29, 1.82) is 0 Å². The number of hydroxylamine groups is 1. The summed E-state index contributed by atoms with van der Waals surface area (Å²) in [6.07, 6.45) is 3.12. The molecule has 1 aliphatic carbocycles. The Morgan fingerprint density at radius 3 is 2.56 bits per heavy atom. The summed E-state index contributed by atoms with van der Waals surface area (Å²) in [5.41, 5.74) is 4.12. The van der Waals surface area contributed by atoms with E-state index in [1.807, 2.05) is 0 Å². The lowest BCUT2D eigenvalue weighted by molar-refractivity contribution is -0.00490. The van der Waals surface area contributed by atoms with E-state index in [9.17, 15) is 4.79 Å². The number of carbonyl (C=O) groups excluding carboxylic acids is 1. The third kappa shape index (κ3) is 6.00. The van der Waals surface area contributed by atoms with Crippen LogP contribution in [0.25, 0.3) is 10.8 Å². The minimum absolute atomic E-state index is 0.298. The highest BCUT2D eigenvalue weighted by Crippen LogP contribution is 2.51. The fraction of sp³-hybridized carbons (Fsp3) is 0.464. The topological polar surface area (TPSA) is 88.6 Å². The number of hydrogen-bond donors (Lipinski definition) is 2. The van der Waals surface area contributed by atoms with E-state index >= 15 is 0 Å². The predicted octanol–water partition coefficient (Wildman–Crippen LogP) is 3.44. The van der Waals surface area contributed by atoms with Crippen LogP contribution in [0.5, 0.6) is 0 Å². The second-order valence-electron chi connectivity index (χ2n) is 10.2. The highest BCUT2D eigenvalue weighted by molar-refractivity contribution is 5.92. The third-order valence-corrected chi connectivity index (χ3v) is 7.02. The molecule has 2 N–H and O–H groups in total. The monoisotopic (exact) mass is 489 g/mol. The van der Waals surface area contributed by atoms with Gasteiger partial charge >= 0.3 is 0 Å². The molecule has 2 aromatic carbocycles. The summed E-state index contributed by atoms with van der Waals surface area (Å²) in [6.45, 7) is 9.45. The molecule has 2 atom stereocenters. The van der Waals surface area contributed by atoms with Crippen LogP contribution in [0.2, 0.25) is 0 Å². The van der Waals surface area contributed by atoms with E-state index in [1.165, 1.54) is 16.3 Å². The Hall–Kier alpha value is -3.07. The van der Waals surface area contributed by atoms with Gasteiger partial charge in [-0.2, -0.15) is 0 Å². The number of aromatic nitrogens is 2. The number of hydrogen-bond acceptors (Lipinski definition) is 7. The zero-order chi connectivity index (χ0) is 24.9. The van der Waals surface area contributed by atoms with Gasteiger partial charge in [-0.1, -0.05) is 50.2 Å². The zero-order valence-electron chi connectivity index (χ0n) is 21.0. The maximum absolute atomic E-state index is 12.2. The lowest BCUT2D eigenvalue weighted by Crippen LogP contribution is -2.29. The van der Waals surface area contributed by atoms with Crippen molar-refractivity contribution in [3.8, 4) is 0 Å². The lowest BCUT2D eigenvalue weighted by atomic mass is 10.1. The van der Waals surface area contributed by atoms with Crippen molar-refractivity contribution in [2.24, 2.45) is 23.7 Å². The Morgan fingerprint density at radius 1 is 1.06 bits per heavy atom. The molecular weight excluding hydrogens is 454 g/mol. The third-order valence-electron chi connectivity index (χ3n) is 7.02. The van der Waals surface area contributed by atoms with Gasteiger partial charge in [0.1, 0.15) is 0 Å². The minimum atomic E-state index is -0.354. The van der Waals surface area contributed by atoms with Gasteiger partial charge in [-0.25, -0.2) is 15.4 Å². The summed E-state index contributed by atoms with van der Waals surface area (Å²) in [5.74, 6) is 2.89. The molecule has 8 heteroatoms. The Kier molecular flexibility index (Phi) is 7.75. The molecule has 2 aliphatic rings. The van der Waals surface area contributed by atoms with E-state index in [1.54, 1.807) is 12.4 Å². The summed E-state index contributed by atoms with van der Waals surface area (Å²) in [6, 6.07) is 15.2. The van der Waals surface area contributed by atoms with E-state index in [-0.39, 0.29) is 5.91 Å². The Bertz CT molecular complexity index is 1160. The van der Waals surface area contributed by atoms with Crippen molar-refractivity contribution in [3.63, 3.8) is 0 Å². The second-order valence-corrected chi connectivity index (χ2v) is 10.2. The maximum atomic E-state index is 12.2. The molecule has 5 rings (SSSR count). The number of amides is 1. The first-order chi connectivity index (χ1) is 17.6. The molecular formula is C28H35N5O3. The molecule has 1 amide bonds. The molecule has 2 heterocycles. The van der Waals surface area contributed by atoms with Crippen LogP contribution in [0.1, 0.15) is 29.8 Å². The summed E-state index contributed by atoms with van der Waals surface area (Å²) in [7, 11) is 0. The lowest BCUT2D eigenvalue weighted by Gasteiger charge is -2.20. The number of piperidine rings is 1. The largest absolute Gasteiger partial charge is 0.379 e. The van der Waals surface area contributed by atoms with E-state index < -0.39 is 0 Å². The van der Waals surface area contributed by atoms with Crippen molar-refractivity contribution >= 4 is 22.6 Å². The molecule has 1 saturated carbocycles. The second kappa shape index (κ2) is 11.3. The average Bonchev–Trinajstić information content (AvgIpc) is 3.33. The first-order valence-corrected chi connectivity index (χ1v) is 12.8. The number of anilines is 1. The number of nitrogens with zero attached hydrogens (tertiary/aromatic N) is 3. The number of carbonyl (C=O) groups is 1. The maximum Gasteiger partial charge on any atom is 0.277 e. The molecule has 8 nitrogen and oxygen atoms in total. The van der Waals surface area contributed by atoms with Crippen molar-refractivity contribution < 1.29 is 14.4 Å². The van der Waals surface area contributed by atoms with Crippen molar-refractivity contribution in [2.45, 2.75) is 20.4 Å². The predicted molar refractivity (Wildman–Crippen MR) is 139 cm³/mol. The van der Waals surface area contributed by atoms with Crippen LogP contribution in [0.4, 0.5) is 5.95 Å². The van der Waals surface area contributed by atoms with Crippen LogP contribution >= 0.6 is 0 Å². The molecule has 1 aliphatic heterocycles. The molecule has 0 spiro atoms. The van der Waals surface area contributed by atoms with Crippen LogP contribution in [-0.2, 0) is 16.1 Å². The van der Waals surface area contributed by atoms with Gasteiger partial charge in [0, 0.05) is 38.6 Å². The van der Waals surface area contributed by atoms with Gasteiger partial charge in [-0.15, -0.1) is 0 Å². The van der Waals surface area contributed by atoms with Crippen LogP contribution in [-0.4, -0.2) is 55.3 Å². The molecule has 1 aromatic heterocycles. The molecule has 0 bridgehead atoms. The van der Waals surface area contributed by atoms with Crippen molar-refractivity contribution in [3.05, 3.63) is 66.0 Å². The SMILES string of the molecule is CC(C)COCCONC(=O)c1cnc(N2CC3C(CNCc4ccc5ccccc5c4)C3C2)nc1. The Balaban J connectivity index is 1.01. The zero-order valence-corrected chi connectivity index (χ0v) is 21.0. The van der Waals surface area contributed by atoms with Gasteiger partial charge in [-0.3, -0.25) is 9.63 Å². The summed E-state index contributed by atoms with van der Waals surface area (Å²) >= 11 is 0. The van der Waals surface area contributed by atoms with Gasteiger partial charge in [0.05, 0.1) is 18.8 Å². The van der Waals surface area contributed by atoms with Gasteiger partial charge in [0.2, 0.25) is 5.95 Å². The van der Waals surface area contributed by atoms with Gasteiger partial charge in [-0.05, 0) is 52.6 Å². The van der Waals surface area contributed by atoms with Gasteiger partial charge < -0.3 is 15.0 Å². The summed E-state index contributed by atoms with van der Waals surface area (Å²) < 4.78 is 5.42. The molecule has 36 heavy (non-hydrogen) atoms. The van der Waals surface area contributed by atoms with Crippen molar-refractivity contribution in [2.75, 3.05) is 44.4 Å². The highest BCUT2D eigenvalue weighted by Gasteiger charge is 2.55. The van der Waals surface area contributed by atoms with Crippen LogP contribution in [0, 0.1) is 23.7 Å². The van der Waals surface area contributed by atoms with E-state index in [0.29, 0.717) is 55.0 Å². The highest BCUT2D eigenvalue weighted by atomic mass is 16.7. The van der Waals surface area contributed by atoms with Gasteiger partial charge in [0.25, 0.3) is 5.91 Å². The van der Waals surface area contributed by atoms with Crippen LogP contribution < -0.4 is 15.7 Å². The first-order valence-electron chi connectivity index (χ1n) is 12.8. The number of fused-ring (bicyclic) bond motifs is 2. The summed E-state index contributed by atoms with van der Waals surface area (Å²) in [4.78, 5) is 28.5. The molecule has 190 valence electrons. The molecule has 0 radical (unpaired) electrons. The first kappa shape index (κ1) is 24.6. The van der Waals surface area contributed by atoms with E-state index in [0.717, 1.165) is 26.2 Å². The molecule has 2 unspecified atom stereocenters.